The quantitative estimate of drug-likeness (QED) is 0.307. The maximum absolute atomic E-state index is 6.21. The first-order valence-corrected chi connectivity index (χ1v) is 10.4. The predicted molar refractivity (Wildman–Crippen MR) is 122 cm³/mol. The molecule has 30 heavy (non-hydrogen) atoms. The molecule has 3 aromatic carbocycles. The Morgan fingerprint density at radius 2 is 1.63 bits per heavy atom. The first-order valence-electron chi connectivity index (χ1n) is 10.1. The molecule has 0 radical (unpaired) electrons. The summed E-state index contributed by atoms with van der Waals surface area (Å²) < 4.78 is 8.44. The molecule has 148 valence electrons. The van der Waals surface area contributed by atoms with Crippen molar-refractivity contribution in [3.8, 4) is 11.3 Å². The van der Waals surface area contributed by atoms with Crippen molar-refractivity contribution in [2.24, 2.45) is 0 Å². The molecule has 0 N–H and O–H groups in total. The molecule has 4 heteroatoms. The number of benzene rings is 3. The zero-order chi connectivity index (χ0) is 20.6. The molecule has 0 aliphatic heterocycles. The van der Waals surface area contributed by atoms with Crippen LogP contribution in [-0.4, -0.2) is 9.55 Å². The number of oxazole rings is 1. The molecule has 5 aromatic rings. The highest BCUT2D eigenvalue weighted by Crippen LogP contribution is 2.40. The maximum Gasteiger partial charge on any atom is 0.225 e. The second kappa shape index (κ2) is 7.51. The van der Waals surface area contributed by atoms with E-state index in [-0.39, 0.29) is 0 Å². The van der Waals surface area contributed by atoms with Crippen LogP contribution < -0.4 is 0 Å². The van der Waals surface area contributed by atoms with E-state index in [1.165, 1.54) is 5.39 Å². The van der Waals surface area contributed by atoms with Gasteiger partial charge in [-0.25, -0.2) is 4.98 Å². The highest BCUT2D eigenvalue weighted by molar-refractivity contribution is 6.30. The monoisotopic (exact) mass is 412 g/mol. The molecule has 0 amide bonds. The van der Waals surface area contributed by atoms with Gasteiger partial charge in [-0.05, 0) is 41.6 Å². The molecule has 2 heterocycles. The minimum absolute atomic E-state index is 0.597. The summed E-state index contributed by atoms with van der Waals surface area (Å²) in [7, 11) is 0. The van der Waals surface area contributed by atoms with Gasteiger partial charge in [0.2, 0.25) is 5.89 Å². The average Bonchev–Trinajstić information content (AvgIpc) is 3.45. The van der Waals surface area contributed by atoms with Gasteiger partial charge in [-0.3, -0.25) is 0 Å². The van der Waals surface area contributed by atoms with Crippen LogP contribution in [-0.2, 0) is 5.54 Å². The Morgan fingerprint density at radius 3 is 2.40 bits per heavy atom. The fourth-order valence-electron chi connectivity index (χ4n) is 4.24. The van der Waals surface area contributed by atoms with Crippen LogP contribution in [0.15, 0.2) is 102 Å². The lowest BCUT2D eigenvalue weighted by molar-refractivity contribution is 0.321. The standard InChI is InChI=1S/C26H21ClN2O/c1-2-26(21-12-14-22(27)15-13-21,29-17-16-20-10-6-7-11-24(20)29)25-28-23(18-30-25)19-8-4-3-5-9-19/h3-18H,2H2,1H3. The number of aromatic nitrogens is 2. The molecule has 3 nitrogen and oxygen atoms in total. The van der Waals surface area contributed by atoms with E-state index in [9.17, 15) is 0 Å². The second-order valence-corrected chi connectivity index (χ2v) is 7.81. The molecule has 0 aliphatic carbocycles. The van der Waals surface area contributed by atoms with Crippen LogP contribution in [0, 0.1) is 0 Å². The van der Waals surface area contributed by atoms with E-state index in [4.69, 9.17) is 21.0 Å². The molecule has 0 spiro atoms. The van der Waals surface area contributed by atoms with Crippen molar-refractivity contribution < 1.29 is 4.42 Å². The predicted octanol–water partition coefficient (Wildman–Crippen LogP) is 7.15. The van der Waals surface area contributed by atoms with Crippen molar-refractivity contribution in [3.63, 3.8) is 0 Å². The van der Waals surface area contributed by atoms with Crippen molar-refractivity contribution >= 4 is 22.5 Å². The summed E-state index contributed by atoms with van der Waals surface area (Å²) in [6, 6.07) is 28.6. The third-order valence-electron chi connectivity index (χ3n) is 5.77. The second-order valence-electron chi connectivity index (χ2n) is 7.37. The number of hydrogen-bond acceptors (Lipinski definition) is 2. The van der Waals surface area contributed by atoms with E-state index >= 15 is 0 Å². The van der Waals surface area contributed by atoms with E-state index in [2.05, 4.69) is 60.2 Å². The van der Waals surface area contributed by atoms with Gasteiger partial charge < -0.3 is 8.98 Å². The van der Waals surface area contributed by atoms with E-state index in [1.807, 2.05) is 42.5 Å². The highest BCUT2D eigenvalue weighted by Gasteiger charge is 2.40. The molecular formula is C26H21ClN2O. The van der Waals surface area contributed by atoms with Crippen LogP contribution in [0.25, 0.3) is 22.2 Å². The first kappa shape index (κ1) is 18.7. The molecule has 0 fully saturated rings. The number of para-hydroxylation sites is 1. The Morgan fingerprint density at radius 1 is 0.900 bits per heavy atom. The first-order chi connectivity index (χ1) is 14.7. The molecule has 0 bridgehead atoms. The van der Waals surface area contributed by atoms with Crippen LogP contribution in [0.3, 0.4) is 0 Å². The number of halogens is 1. The Balaban J connectivity index is 1.77. The Kier molecular flexibility index (Phi) is 4.68. The van der Waals surface area contributed by atoms with Crippen LogP contribution >= 0.6 is 11.6 Å². The number of rotatable bonds is 5. The zero-order valence-electron chi connectivity index (χ0n) is 16.6. The van der Waals surface area contributed by atoms with E-state index in [1.54, 1.807) is 6.26 Å². The van der Waals surface area contributed by atoms with Crippen molar-refractivity contribution in [3.05, 3.63) is 114 Å². The molecule has 1 atom stereocenters. The largest absolute Gasteiger partial charge is 0.445 e. The summed E-state index contributed by atoms with van der Waals surface area (Å²) in [5.41, 5.74) is 3.48. The lowest BCUT2D eigenvalue weighted by Crippen LogP contribution is -2.35. The molecule has 1 unspecified atom stereocenters. The van der Waals surface area contributed by atoms with Gasteiger partial charge in [0.05, 0.1) is 0 Å². The van der Waals surface area contributed by atoms with Crippen molar-refractivity contribution in [1.29, 1.82) is 0 Å². The van der Waals surface area contributed by atoms with Crippen LogP contribution in [0.4, 0.5) is 0 Å². The lowest BCUT2D eigenvalue weighted by Gasteiger charge is -2.33. The highest BCUT2D eigenvalue weighted by atomic mass is 35.5. The summed E-state index contributed by atoms with van der Waals surface area (Å²) in [6.45, 7) is 2.16. The fourth-order valence-corrected chi connectivity index (χ4v) is 4.36. The summed E-state index contributed by atoms with van der Waals surface area (Å²) in [5.74, 6) is 0.660. The lowest BCUT2D eigenvalue weighted by atomic mass is 9.86. The van der Waals surface area contributed by atoms with Gasteiger partial charge >= 0.3 is 0 Å². The van der Waals surface area contributed by atoms with Gasteiger partial charge in [-0.1, -0.05) is 79.2 Å². The van der Waals surface area contributed by atoms with Gasteiger partial charge in [0.15, 0.2) is 0 Å². The smallest absolute Gasteiger partial charge is 0.225 e. The van der Waals surface area contributed by atoms with Gasteiger partial charge in [-0.2, -0.15) is 0 Å². The molecule has 0 saturated carbocycles. The van der Waals surface area contributed by atoms with E-state index in [0.717, 1.165) is 28.8 Å². The Bertz CT molecular complexity index is 1290. The Labute approximate surface area is 180 Å². The van der Waals surface area contributed by atoms with Crippen LogP contribution in [0.1, 0.15) is 24.8 Å². The van der Waals surface area contributed by atoms with Gasteiger partial charge in [0.1, 0.15) is 17.5 Å². The third kappa shape index (κ3) is 2.94. The van der Waals surface area contributed by atoms with Crippen molar-refractivity contribution in [1.82, 2.24) is 9.55 Å². The van der Waals surface area contributed by atoms with Crippen LogP contribution in [0.2, 0.25) is 5.02 Å². The number of nitrogens with zero attached hydrogens (tertiary/aromatic N) is 2. The third-order valence-corrected chi connectivity index (χ3v) is 6.02. The molecule has 0 aliphatic rings. The fraction of sp³-hybridized carbons (Fsp3) is 0.115. The van der Waals surface area contributed by atoms with E-state index < -0.39 is 5.54 Å². The zero-order valence-corrected chi connectivity index (χ0v) is 17.4. The molecule has 2 aromatic heterocycles. The van der Waals surface area contributed by atoms with Gasteiger partial charge in [0, 0.05) is 22.3 Å². The van der Waals surface area contributed by atoms with Gasteiger partial charge in [-0.15, -0.1) is 0 Å². The molecule has 5 rings (SSSR count). The molecular weight excluding hydrogens is 392 g/mol. The summed E-state index contributed by atoms with van der Waals surface area (Å²) >= 11 is 6.21. The van der Waals surface area contributed by atoms with Crippen molar-refractivity contribution in [2.75, 3.05) is 0 Å². The van der Waals surface area contributed by atoms with E-state index in [0.29, 0.717) is 10.9 Å². The number of hydrogen-bond donors (Lipinski definition) is 0. The summed E-state index contributed by atoms with van der Waals surface area (Å²) in [4.78, 5) is 4.96. The summed E-state index contributed by atoms with van der Waals surface area (Å²) in [6.07, 6.45) is 4.63. The Hall–Kier alpha value is -3.30. The SMILES string of the molecule is CCC(c1ccc(Cl)cc1)(c1nc(-c2ccccc2)co1)n1ccc2ccccc21. The maximum atomic E-state index is 6.21. The van der Waals surface area contributed by atoms with Crippen molar-refractivity contribution in [2.45, 2.75) is 18.9 Å². The average molecular weight is 413 g/mol. The minimum Gasteiger partial charge on any atom is -0.445 e. The minimum atomic E-state index is -0.597. The molecule has 0 saturated heterocycles. The number of fused-ring (bicyclic) bond motifs is 1. The normalized spacial score (nSPS) is 13.4. The topological polar surface area (TPSA) is 31.0 Å². The summed E-state index contributed by atoms with van der Waals surface area (Å²) in [5, 5.41) is 1.89. The van der Waals surface area contributed by atoms with Crippen LogP contribution in [0.5, 0.6) is 0 Å². The van der Waals surface area contributed by atoms with Gasteiger partial charge in [0.25, 0.3) is 0 Å².